The number of rotatable bonds is 3. The predicted octanol–water partition coefficient (Wildman–Crippen LogP) is 8.53. The first-order valence-electron chi connectivity index (χ1n) is 13.4. The molecule has 0 aliphatic carbocycles. The molecule has 0 fully saturated rings. The van der Waals surface area contributed by atoms with Crippen molar-refractivity contribution < 1.29 is 10.0 Å². The van der Waals surface area contributed by atoms with Crippen LogP contribution in [0.1, 0.15) is 0 Å². The van der Waals surface area contributed by atoms with Gasteiger partial charge in [-0.1, -0.05) is 121 Å². The van der Waals surface area contributed by atoms with E-state index in [2.05, 4.69) is 109 Å². The Hall–Kier alpha value is -4.48. The van der Waals surface area contributed by atoms with Crippen LogP contribution in [0.25, 0.3) is 74.7 Å². The summed E-state index contributed by atoms with van der Waals surface area (Å²) in [6, 6.07) is 44.3. The predicted molar refractivity (Wildman–Crippen MR) is 173 cm³/mol. The third kappa shape index (κ3) is 3.31. The molecule has 2 N–H and O–H groups in total. The SMILES string of the molecule is OB(O)c1c(-c2c3ccccc3c(-c3ccccc3)c3ccccc23)c2ccccc2c2c1sc1ccccc12. The van der Waals surface area contributed by atoms with Gasteiger partial charge in [0, 0.05) is 25.6 Å². The third-order valence-electron chi connectivity index (χ3n) is 8.08. The molecule has 0 spiro atoms. The summed E-state index contributed by atoms with van der Waals surface area (Å²) in [7, 11) is -1.64. The van der Waals surface area contributed by atoms with Crippen molar-refractivity contribution >= 4 is 76.4 Å². The van der Waals surface area contributed by atoms with Crippen LogP contribution >= 0.6 is 11.3 Å². The minimum atomic E-state index is -1.64. The van der Waals surface area contributed by atoms with Crippen molar-refractivity contribution in [1.82, 2.24) is 0 Å². The van der Waals surface area contributed by atoms with Crippen molar-refractivity contribution in [3.8, 4) is 22.3 Å². The lowest BCUT2D eigenvalue weighted by Gasteiger charge is -2.21. The van der Waals surface area contributed by atoms with Gasteiger partial charge < -0.3 is 10.0 Å². The van der Waals surface area contributed by atoms with Gasteiger partial charge >= 0.3 is 7.12 Å². The highest BCUT2D eigenvalue weighted by atomic mass is 32.1. The number of hydrogen-bond acceptors (Lipinski definition) is 3. The summed E-state index contributed by atoms with van der Waals surface area (Å²) in [4.78, 5) is 0. The normalized spacial score (nSPS) is 11.8. The first kappa shape index (κ1) is 23.4. The van der Waals surface area contributed by atoms with Gasteiger partial charge in [0.15, 0.2) is 0 Å². The van der Waals surface area contributed by atoms with E-state index in [0.717, 1.165) is 69.2 Å². The quantitative estimate of drug-likeness (QED) is 0.178. The molecule has 2 nitrogen and oxygen atoms in total. The summed E-state index contributed by atoms with van der Waals surface area (Å²) < 4.78 is 2.06. The standard InChI is InChI=1S/C36H23BO2S/c38-37(39)35-34(28-19-9-8-18-27(28)33-29-20-10-11-21-30(29)40-36(33)35)32-25-16-6-4-14-23(25)31(22-12-2-1-3-13-22)24-15-5-7-17-26(24)32/h1-21,38-39H. The maximum Gasteiger partial charge on any atom is 0.490 e. The monoisotopic (exact) mass is 530 g/mol. The molecule has 0 amide bonds. The van der Waals surface area contributed by atoms with Gasteiger partial charge in [-0.05, 0) is 60.6 Å². The van der Waals surface area contributed by atoms with Gasteiger partial charge in [-0.25, -0.2) is 0 Å². The zero-order valence-corrected chi connectivity index (χ0v) is 22.3. The van der Waals surface area contributed by atoms with Gasteiger partial charge in [-0.3, -0.25) is 0 Å². The highest BCUT2D eigenvalue weighted by molar-refractivity contribution is 7.27. The zero-order valence-electron chi connectivity index (χ0n) is 21.5. The molecule has 0 bridgehead atoms. The second-order valence-corrected chi connectivity index (χ2v) is 11.3. The Morgan fingerprint density at radius 1 is 0.425 bits per heavy atom. The minimum Gasteiger partial charge on any atom is -0.423 e. The lowest BCUT2D eigenvalue weighted by Crippen LogP contribution is -2.32. The van der Waals surface area contributed by atoms with Crippen LogP contribution in [-0.4, -0.2) is 17.2 Å². The topological polar surface area (TPSA) is 40.5 Å². The molecule has 0 aliphatic rings. The highest BCUT2D eigenvalue weighted by Gasteiger charge is 2.29. The van der Waals surface area contributed by atoms with Gasteiger partial charge in [-0.15, -0.1) is 11.3 Å². The molecule has 8 rings (SSSR count). The molecule has 8 aromatic rings. The second kappa shape index (κ2) is 9.04. The fourth-order valence-electron chi connectivity index (χ4n) is 6.51. The fraction of sp³-hybridized carbons (Fsp3) is 0. The van der Waals surface area contributed by atoms with E-state index in [1.807, 2.05) is 18.2 Å². The first-order valence-corrected chi connectivity index (χ1v) is 14.2. The molecule has 4 heteroatoms. The van der Waals surface area contributed by atoms with Crippen molar-refractivity contribution in [1.29, 1.82) is 0 Å². The van der Waals surface area contributed by atoms with E-state index in [-0.39, 0.29) is 0 Å². The lowest BCUT2D eigenvalue weighted by atomic mass is 9.71. The molecule has 0 saturated carbocycles. The lowest BCUT2D eigenvalue weighted by molar-refractivity contribution is 0.426. The maximum atomic E-state index is 11.1. The Kier molecular flexibility index (Phi) is 5.29. The van der Waals surface area contributed by atoms with Gasteiger partial charge in [0.2, 0.25) is 0 Å². The largest absolute Gasteiger partial charge is 0.490 e. The molecule has 188 valence electrons. The summed E-state index contributed by atoms with van der Waals surface area (Å²) in [5.41, 5.74) is 4.83. The summed E-state index contributed by atoms with van der Waals surface area (Å²) in [6.45, 7) is 0. The van der Waals surface area contributed by atoms with Crippen molar-refractivity contribution in [2.45, 2.75) is 0 Å². The van der Waals surface area contributed by atoms with Gasteiger partial charge in [-0.2, -0.15) is 0 Å². The molecule has 40 heavy (non-hydrogen) atoms. The van der Waals surface area contributed by atoms with Crippen molar-refractivity contribution in [2.24, 2.45) is 0 Å². The molecule has 0 saturated heterocycles. The van der Waals surface area contributed by atoms with Gasteiger partial charge in [0.25, 0.3) is 0 Å². The highest BCUT2D eigenvalue weighted by Crippen LogP contribution is 2.47. The van der Waals surface area contributed by atoms with Crippen LogP contribution in [0.4, 0.5) is 0 Å². The molecular weight excluding hydrogens is 507 g/mol. The van der Waals surface area contributed by atoms with Crippen LogP contribution < -0.4 is 5.46 Å². The van der Waals surface area contributed by atoms with Crippen LogP contribution in [0.15, 0.2) is 127 Å². The van der Waals surface area contributed by atoms with Crippen LogP contribution in [-0.2, 0) is 0 Å². The maximum absolute atomic E-state index is 11.1. The Morgan fingerprint density at radius 2 is 0.875 bits per heavy atom. The average molecular weight is 530 g/mol. The average Bonchev–Trinajstić information content (AvgIpc) is 3.39. The summed E-state index contributed by atoms with van der Waals surface area (Å²) >= 11 is 1.63. The molecule has 0 atom stereocenters. The van der Waals surface area contributed by atoms with E-state index in [9.17, 15) is 10.0 Å². The van der Waals surface area contributed by atoms with Gasteiger partial charge in [0.1, 0.15) is 0 Å². The van der Waals surface area contributed by atoms with E-state index in [0.29, 0.717) is 5.46 Å². The van der Waals surface area contributed by atoms with Crippen molar-refractivity contribution in [3.63, 3.8) is 0 Å². The van der Waals surface area contributed by atoms with Crippen molar-refractivity contribution in [2.75, 3.05) is 0 Å². The van der Waals surface area contributed by atoms with Crippen molar-refractivity contribution in [3.05, 3.63) is 127 Å². The number of fused-ring (bicyclic) bond motifs is 7. The molecule has 0 unspecified atom stereocenters. The zero-order chi connectivity index (χ0) is 26.8. The summed E-state index contributed by atoms with van der Waals surface area (Å²) in [6.07, 6.45) is 0. The molecule has 0 aliphatic heterocycles. The fourth-order valence-corrected chi connectivity index (χ4v) is 7.80. The van der Waals surface area contributed by atoms with Crippen LogP contribution in [0.5, 0.6) is 0 Å². The Morgan fingerprint density at radius 3 is 1.45 bits per heavy atom. The Balaban J connectivity index is 1.65. The molecular formula is C36H23BO2S. The number of hydrogen-bond donors (Lipinski definition) is 2. The Labute approximate surface area is 235 Å². The van der Waals surface area contributed by atoms with Crippen LogP contribution in [0, 0.1) is 0 Å². The Bertz CT molecular complexity index is 2190. The molecule has 7 aromatic carbocycles. The number of benzene rings is 7. The summed E-state index contributed by atoms with van der Waals surface area (Å²) in [5.74, 6) is 0. The molecule has 1 heterocycles. The smallest absolute Gasteiger partial charge is 0.423 e. The summed E-state index contributed by atoms with van der Waals surface area (Å²) in [5, 5.41) is 31.0. The van der Waals surface area contributed by atoms with E-state index in [1.165, 1.54) is 5.56 Å². The van der Waals surface area contributed by atoms with E-state index in [4.69, 9.17) is 0 Å². The molecule has 1 aromatic heterocycles. The van der Waals surface area contributed by atoms with E-state index >= 15 is 0 Å². The van der Waals surface area contributed by atoms with E-state index in [1.54, 1.807) is 11.3 Å². The van der Waals surface area contributed by atoms with Crippen LogP contribution in [0.2, 0.25) is 0 Å². The third-order valence-corrected chi connectivity index (χ3v) is 9.28. The minimum absolute atomic E-state index is 0.567. The van der Waals surface area contributed by atoms with Crippen LogP contribution in [0.3, 0.4) is 0 Å². The van der Waals surface area contributed by atoms with E-state index < -0.39 is 7.12 Å². The molecule has 0 radical (unpaired) electrons. The van der Waals surface area contributed by atoms with Gasteiger partial charge in [0.05, 0.1) is 0 Å². The first-order chi connectivity index (χ1) is 19.7. The second-order valence-electron chi connectivity index (χ2n) is 10.2. The number of thiophene rings is 1.